The third-order valence-electron chi connectivity index (χ3n) is 4.86. The number of rotatable bonds is 6. The molecule has 1 aliphatic rings. The Bertz CT molecular complexity index is 752. The summed E-state index contributed by atoms with van der Waals surface area (Å²) in [4.78, 5) is 16.9. The Kier molecular flexibility index (Phi) is 6.75. The Morgan fingerprint density at radius 2 is 1.70 bits per heavy atom. The number of piperazine rings is 1. The number of carbonyl (C=O) groups is 1. The Hall–Kier alpha value is -2.04. The molecule has 0 unspecified atom stereocenters. The fourth-order valence-electron chi connectivity index (χ4n) is 3.27. The molecule has 1 heterocycles. The van der Waals surface area contributed by atoms with Crippen LogP contribution in [0.4, 0.5) is 5.69 Å². The molecule has 0 radical (unpaired) electrons. The minimum atomic E-state index is 0.00334. The van der Waals surface area contributed by atoms with Crippen molar-refractivity contribution in [3.05, 3.63) is 64.7 Å². The van der Waals surface area contributed by atoms with Crippen LogP contribution in [0.25, 0.3) is 0 Å². The molecular formula is C22H28ClN3O. The maximum absolute atomic E-state index is 12.1. The number of nitrogens with one attached hydrogen (secondary N) is 1. The number of benzene rings is 2. The highest BCUT2D eigenvalue weighted by Crippen LogP contribution is 2.26. The molecule has 0 aliphatic carbocycles. The van der Waals surface area contributed by atoms with Crippen molar-refractivity contribution < 1.29 is 4.79 Å². The van der Waals surface area contributed by atoms with Crippen LogP contribution in [0.1, 0.15) is 29.8 Å². The minimum Gasteiger partial charge on any atom is -0.368 e. The molecule has 0 atom stereocenters. The SMILES string of the molecule is CC(C)CNC(=O)c1ccc(CN2CCN(c3ccccc3Cl)CC2)cc1. The van der Waals surface area contributed by atoms with E-state index in [2.05, 4.69) is 47.2 Å². The van der Waals surface area contributed by atoms with Crippen LogP contribution >= 0.6 is 11.6 Å². The molecule has 1 fully saturated rings. The van der Waals surface area contributed by atoms with Crippen LogP contribution in [0.2, 0.25) is 5.02 Å². The fraction of sp³-hybridized carbons (Fsp3) is 0.409. The molecule has 0 aromatic heterocycles. The molecule has 1 amide bonds. The summed E-state index contributed by atoms with van der Waals surface area (Å²) in [5.74, 6) is 0.460. The first-order valence-corrected chi connectivity index (χ1v) is 9.99. The number of hydrogen-bond acceptors (Lipinski definition) is 3. The first-order valence-electron chi connectivity index (χ1n) is 9.62. The number of hydrogen-bond donors (Lipinski definition) is 1. The van der Waals surface area contributed by atoms with Gasteiger partial charge in [-0.3, -0.25) is 9.69 Å². The first-order chi connectivity index (χ1) is 13.0. The summed E-state index contributed by atoms with van der Waals surface area (Å²) in [6.07, 6.45) is 0. The van der Waals surface area contributed by atoms with Crippen LogP contribution in [-0.4, -0.2) is 43.5 Å². The quantitative estimate of drug-likeness (QED) is 0.814. The van der Waals surface area contributed by atoms with Crippen molar-refractivity contribution in [1.29, 1.82) is 0 Å². The fourth-order valence-corrected chi connectivity index (χ4v) is 3.53. The number of halogens is 1. The molecule has 1 aliphatic heterocycles. The number of amides is 1. The van der Waals surface area contributed by atoms with Crippen molar-refractivity contribution in [2.24, 2.45) is 5.92 Å². The molecule has 0 saturated carbocycles. The molecule has 2 aromatic rings. The van der Waals surface area contributed by atoms with Gasteiger partial charge in [-0.2, -0.15) is 0 Å². The summed E-state index contributed by atoms with van der Waals surface area (Å²) in [6.45, 7) is 9.74. The molecular weight excluding hydrogens is 358 g/mol. The summed E-state index contributed by atoms with van der Waals surface area (Å²) in [5, 5.41) is 3.78. The average Bonchev–Trinajstić information content (AvgIpc) is 2.68. The van der Waals surface area contributed by atoms with E-state index < -0.39 is 0 Å². The van der Waals surface area contributed by atoms with Crippen molar-refractivity contribution in [2.75, 3.05) is 37.6 Å². The van der Waals surface area contributed by atoms with E-state index in [-0.39, 0.29) is 5.91 Å². The second kappa shape index (κ2) is 9.25. The smallest absolute Gasteiger partial charge is 0.251 e. The first kappa shape index (κ1) is 19.7. The highest BCUT2D eigenvalue weighted by molar-refractivity contribution is 6.33. The molecule has 27 heavy (non-hydrogen) atoms. The van der Waals surface area contributed by atoms with Gasteiger partial charge in [0.1, 0.15) is 0 Å². The third-order valence-corrected chi connectivity index (χ3v) is 5.18. The Balaban J connectivity index is 1.50. The van der Waals surface area contributed by atoms with Gasteiger partial charge < -0.3 is 10.2 Å². The molecule has 144 valence electrons. The normalized spacial score (nSPS) is 15.2. The lowest BCUT2D eigenvalue weighted by atomic mass is 10.1. The van der Waals surface area contributed by atoms with Gasteiger partial charge in [0.25, 0.3) is 5.91 Å². The topological polar surface area (TPSA) is 35.6 Å². The lowest BCUT2D eigenvalue weighted by molar-refractivity contribution is 0.0949. The molecule has 5 heteroatoms. The standard InChI is InChI=1S/C22H28ClN3O/c1-17(2)15-24-22(27)19-9-7-18(8-10-19)16-25-11-13-26(14-12-25)21-6-4-3-5-20(21)23/h3-10,17H,11-16H2,1-2H3,(H,24,27). The number of carbonyl (C=O) groups excluding carboxylic acids is 1. The highest BCUT2D eigenvalue weighted by Gasteiger charge is 2.18. The van der Waals surface area contributed by atoms with Gasteiger partial charge in [-0.05, 0) is 35.7 Å². The zero-order chi connectivity index (χ0) is 19.2. The summed E-state index contributed by atoms with van der Waals surface area (Å²) >= 11 is 6.32. The summed E-state index contributed by atoms with van der Waals surface area (Å²) in [5.41, 5.74) is 3.08. The lowest BCUT2D eigenvalue weighted by Gasteiger charge is -2.36. The zero-order valence-corrected chi connectivity index (χ0v) is 16.9. The van der Waals surface area contributed by atoms with Gasteiger partial charge in [-0.1, -0.05) is 49.7 Å². The molecule has 1 N–H and O–H groups in total. The molecule has 0 bridgehead atoms. The van der Waals surface area contributed by atoms with Crippen molar-refractivity contribution in [3.8, 4) is 0 Å². The van der Waals surface area contributed by atoms with Crippen LogP contribution in [0, 0.1) is 5.92 Å². The van der Waals surface area contributed by atoms with E-state index in [9.17, 15) is 4.79 Å². The largest absolute Gasteiger partial charge is 0.368 e. The van der Waals surface area contributed by atoms with E-state index in [4.69, 9.17) is 11.6 Å². The van der Waals surface area contributed by atoms with Crippen LogP contribution in [0.15, 0.2) is 48.5 Å². The van der Waals surface area contributed by atoms with E-state index in [0.29, 0.717) is 12.5 Å². The van der Waals surface area contributed by atoms with E-state index in [1.54, 1.807) is 0 Å². The third kappa shape index (κ3) is 5.47. The predicted molar refractivity (Wildman–Crippen MR) is 113 cm³/mol. The molecule has 2 aromatic carbocycles. The van der Waals surface area contributed by atoms with Gasteiger partial charge >= 0.3 is 0 Å². The Labute approximate surface area is 167 Å². The number of nitrogens with zero attached hydrogens (tertiary/aromatic N) is 2. The highest BCUT2D eigenvalue weighted by atomic mass is 35.5. The molecule has 1 saturated heterocycles. The van der Waals surface area contributed by atoms with Gasteiger partial charge in [-0.25, -0.2) is 0 Å². The predicted octanol–water partition coefficient (Wildman–Crippen LogP) is 4.05. The van der Waals surface area contributed by atoms with E-state index >= 15 is 0 Å². The van der Waals surface area contributed by atoms with Crippen molar-refractivity contribution in [1.82, 2.24) is 10.2 Å². The van der Waals surface area contributed by atoms with E-state index in [0.717, 1.165) is 49.0 Å². The zero-order valence-electron chi connectivity index (χ0n) is 16.1. The molecule has 0 spiro atoms. The van der Waals surface area contributed by atoms with Crippen LogP contribution in [0.5, 0.6) is 0 Å². The lowest BCUT2D eigenvalue weighted by Crippen LogP contribution is -2.46. The second-order valence-corrected chi connectivity index (χ2v) is 7.92. The maximum Gasteiger partial charge on any atom is 0.251 e. The second-order valence-electron chi connectivity index (χ2n) is 7.52. The van der Waals surface area contributed by atoms with E-state index in [1.165, 1.54) is 5.56 Å². The summed E-state index contributed by atoms with van der Waals surface area (Å²) in [6, 6.07) is 16.0. The molecule has 3 rings (SSSR count). The van der Waals surface area contributed by atoms with Gasteiger partial charge in [0.2, 0.25) is 0 Å². The van der Waals surface area contributed by atoms with Crippen LogP contribution in [0.3, 0.4) is 0 Å². The Morgan fingerprint density at radius 1 is 1.04 bits per heavy atom. The van der Waals surface area contributed by atoms with Gasteiger partial charge in [0, 0.05) is 44.8 Å². The van der Waals surface area contributed by atoms with Crippen molar-refractivity contribution >= 4 is 23.2 Å². The summed E-state index contributed by atoms with van der Waals surface area (Å²) < 4.78 is 0. The van der Waals surface area contributed by atoms with Crippen molar-refractivity contribution in [2.45, 2.75) is 20.4 Å². The maximum atomic E-state index is 12.1. The molecule has 4 nitrogen and oxygen atoms in total. The monoisotopic (exact) mass is 385 g/mol. The average molecular weight is 386 g/mol. The van der Waals surface area contributed by atoms with Gasteiger partial charge in [-0.15, -0.1) is 0 Å². The van der Waals surface area contributed by atoms with Crippen LogP contribution in [-0.2, 0) is 6.54 Å². The van der Waals surface area contributed by atoms with E-state index in [1.807, 2.05) is 30.3 Å². The summed E-state index contributed by atoms with van der Waals surface area (Å²) in [7, 11) is 0. The van der Waals surface area contributed by atoms with Gasteiger partial charge in [0.15, 0.2) is 0 Å². The van der Waals surface area contributed by atoms with Gasteiger partial charge in [0.05, 0.1) is 10.7 Å². The number of para-hydroxylation sites is 1. The Morgan fingerprint density at radius 3 is 2.33 bits per heavy atom. The van der Waals surface area contributed by atoms with Crippen molar-refractivity contribution in [3.63, 3.8) is 0 Å². The number of anilines is 1. The van der Waals surface area contributed by atoms with Crippen LogP contribution < -0.4 is 10.2 Å². The minimum absolute atomic E-state index is 0.00334.